The molecule has 0 bridgehead atoms. The van der Waals surface area contributed by atoms with Crippen molar-refractivity contribution in [1.29, 1.82) is 0 Å². The number of sulfonamides is 1. The maximum absolute atomic E-state index is 13.0. The molecule has 1 heterocycles. The number of hydrogen-bond acceptors (Lipinski definition) is 4. The maximum atomic E-state index is 13.0. The Balaban J connectivity index is 1.78. The second kappa shape index (κ2) is 7.78. The number of ether oxygens (including phenoxy) is 2. The molecule has 3 rings (SSSR count). The summed E-state index contributed by atoms with van der Waals surface area (Å²) in [4.78, 5) is 0. The normalized spacial score (nSPS) is 21.5. The number of benzene rings is 2. The minimum atomic E-state index is -3.43. The van der Waals surface area contributed by atoms with Gasteiger partial charge in [-0.1, -0.05) is 42.0 Å². The smallest absolute Gasteiger partial charge is 0.218 e. The molecule has 1 aliphatic rings. The van der Waals surface area contributed by atoms with Gasteiger partial charge >= 0.3 is 0 Å². The molecule has 0 aromatic heterocycles. The molecule has 1 saturated heterocycles. The van der Waals surface area contributed by atoms with E-state index < -0.39 is 10.0 Å². The number of nitrogens with zero attached hydrogens (tertiary/aromatic N) is 1. The van der Waals surface area contributed by atoms with Crippen molar-refractivity contribution in [3.05, 3.63) is 65.2 Å². The lowest BCUT2D eigenvalue weighted by Gasteiger charge is -2.37. The Hall–Kier alpha value is -1.89. The van der Waals surface area contributed by atoms with Crippen LogP contribution in [0.3, 0.4) is 0 Å². The highest BCUT2D eigenvalue weighted by Crippen LogP contribution is 2.29. The van der Waals surface area contributed by atoms with E-state index in [1.807, 2.05) is 62.4 Å². The van der Waals surface area contributed by atoms with Crippen LogP contribution in [-0.4, -0.2) is 39.0 Å². The summed E-state index contributed by atoms with van der Waals surface area (Å²) in [6.07, 6.45) is -0.274. The standard InChI is InChI=1S/C20H25NO4S/c1-15-5-4-6-17(11-15)14-26(22,23)21-12-20(25-13-16(21)2)18-7-9-19(24-3)10-8-18/h4-11,16,20H,12-14H2,1-3H3. The minimum Gasteiger partial charge on any atom is -0.497 e. The molecule has 2 aromatic rings. The van der Waals surface area contributed by atoms with E-state index in [-0.39, 0.29) is 17.9 Å². The monoisotopic (exact) mass is 375 g/mol. The van der Waals surface area contributed by atoms with Gasteiger partial charge in [-0.05, 0) is 37.1 Å². The Labute approximate surface area is 155 Å². The third-order valence-corrected chi connectivity index (χ3v) is 6.57. The van der Waals surface area contributed by atoms with E-state index in [9.17, 15) is 8.42 Å². The topological polar surface area (TPSA) is 55.8 Å². The third-order valence-electron chi connectivity index (χ3n) is 4.65. The third kappa shape index (κ3) is 4.26. The number of aryl methyl sites for hydroxylation is 1. The van der Waals surface area contributed by atoms with Gasteiger partial charge in [-0.15, -0.1) is 0 Å². The van der Waals surface area contributed by atoms with Crippen molar-refractivity contribution in [3.8, 4) is 5.75 Å². The molecule has 140 valence electrons. The van der Waals surface area contributed by atoms with Gasteiger partial charge in [0.15, 0.2) is 0 Å². The molecule has 0 radical (unpaired) electrons. The van der Waals surface area contributed by atoms with Gasteiger partial charge in [0.25, 0.3) is 0 Å². The van der Waals surface area contributed by atoms with Crippen molar-refractivity contribution >= 4 is 10.0 Å². The second-order valence-electron chi connectivity index (χ2n) is 6.76. The van der Waals surface area contributed by atoms with Crippen LogP contribution < -0.4 is 4.74 Å². The van der Waals surface area contributed by atoms with E-state index in [0.717, 1.165) is 22.4 Å². The SMILES string of the molecule is COc1ccc(C2CN(S(=O)(=O)Cc3cccc(C)c3)C(C)CO2)cc1. The van der Waals surface area contributed by atoms with Gasteiger partial charge in [0.05, 0.1) is 25.6 Å². The summed E-state index contributed by atoms with van der Waals surface area (Å²) in [6, 6.07) is 15.0. The Kier molecular flexibility index (Phi) is 5.65. The van der Waals surface area contributed by atoms with Crippen molar-refractivity contribution in [1.82, 2.24) is 4.31 Å². The van der Waals surface area contributed by atoms with Crippen LogP contribution in [0.1, 0.15) is 29.7 Å². The van der Waals surface area contributed by atoms with Crippen LogP contribution in [-0.2, 0) is 20.5 Å². The highest BCUT2D eigenvalue weighted by molar-refractivity contribution is 7.88. The molecule has 2 atom stereocenters. The molecular weight excluding hydrogens is 350 g/mol. The average Bonchev–Trinajstić information content (AvgIpc) is 2.62. The lowest BCUT2D eigenvalue weighted by molar-refractivity contribution is -0.0289. The van der Waals surface area contributed by atoms with Gasteiger partial charge in [0.1, 0.15) is 5.75 Å². The molecule has 0 amide bonds. The lowest BCUT2D eigenvalue weighted by atomic mass is 10.1. The highest BCUT2D eigenvalue weighted by atomic mass is 32.2. The van der Waals surface area contributed by atoms with Crippen LogP contribution in [0.15, 0.2) is 48.5 Å². The Morgan fingerprint density at radius 2 is 1.92 bits per heavy atom. The molecule has 2 aromatic carbocycles. The van der Waals surface area contributed by atoms with E-state index in [1.165, 1.54) is 0 Å². The van der Waals surface area contributed by atoms with Crippen LogP contribution in [0.4, 0.5) is 0 Å². The van der Waals surface area contributed by atoms with Gasteiger partial charge in [0.2, 0.25) is 10.0 Å². The van der Waals surface area contributed by atoms with E-state index in [4.69, 9.17) is 9.47 Å². The summed E-state index contributed by atoms with van der Waals surface area (Å²) in [6.45, 7) is 4.55. The van der Waals surface area contributed by atoms with Crippen LogP contribution >= 0.6 is 0 Å². The number of rotatable bonds is 5. The number of morpholine rings is 1. The largest absolute Gasteiger partial charge is 0.497 e. The van der Waals surface area contributed by atoms with Gasteiger partial charge in [0, 0.05) is 12.6 Å². The van der Waals surface area contributed by atoms with Gasteiger partial charge in [-0.25, -0.2) is 8.42 Å². The quantitative estimate of drug-likeness (QED) is 0.805. The molecule has 1 aliphatic heterocycles. The van der Waals surface area contributed by atoms with E-state index in [0.29, 0.717) is 13.2 Å². The molecule has 2 unspecified atom stereocenters. The number of methoxy groups -OCH3 is 1. The fourth-order valence-corrected chi connectivity index (χ4v) is 4.98. The van der Waals surface area contributed by atoms with Crippen LogP contribution in [0.2, 0.25) is 0 Å². The molecule has 26 heavy (non-hydrogen) atoms. The minimum absolute atomic E-state index is 0.00829. The summed E-state index contributed by atoms with van der Waals surface area (Å²) in [5, 5.41) is 0. The molecule has 0 aliphatic carbocycles. The summed E-state index contributed by atoms with van der Waals surface area (Å²) in [5.74, 6) is 0.774. The van der Waals surface area contributed by atoms with Crippen molar-refractivity contribution in [2.45, 2.75) is 31.7 Å². The van der Waals surface area contributed by atoms with E-state index >= 15 is 0 Å². The molecule has 6 heteroatoms. The molecule has 1 fully saturated rings. The van der Waals surface area contributed by atoms with Crippen LogP contribution in [0.5, 0.6) is 5.75 Å². The van der Waals surface area contributed by atoms with Gasteiger partial charge < -0.3 is 9.47 Å². The zero-order chi connectivity index (χ0) is 18.7. The van der Waals surface area contributed by atoms with E-state index in [1.54, 1.807) is 11.4 Å². The van der Waals surface area contributed by atoms with Crippen LogP contribution in [0, 0.1) is 6.92 Å². The molecule has 0 saturated carbocycles. The Morgan fingerprint density at radius 1 is 1.19 bits per heavy atom. The summed E-state index contributed by atoms with van der Waals surface area (Å²) in [5.41, 5.74) is 2.82. The Morgan fingerprint density at radius 3 is 2.58 bits per heavy atom. The molecule has 0 N–H and O–H groups in total. The van der Waals surface area contributed by atoms with Gasteiger partial charge in [-0.2, -0.15) is 4.31 Å². The fraction of sp³-hybridized carbons (Fsp3) is 0.400. The average molecular weight is 375 g/mol. The molecular formula is C20H25NO4S. The summed E-state index contributed by atoms with van der Waals surface area (Å²) < 4.78 is 38.7. The molecule has 5 nitrogen and oxygen atoms in total. The first-order chi connectivity index (χ1) is 12.4. The van der Waals surface area contributed by atoms with E-state index in [2.05, 4.69) is 0 Å². The highest BCUT2D eigenvalue weighted by Gasteiger charge is 2.35. The summed E-state index contributed by atoms with van der Waals surface area (Å²) >= 11 is 0. The predicted octanol–water partition coefficient (Wildman–Crippen LogP) is 3.30. The molecule has 0 spiro atoms. The lowest BCUT2D eigenvalue weighted by Crippen LogP contribution is -2.48. The van der Waals surface area contributed by atoms with Crippen LogP contribution in [0.25, 0.3) is 0 Å². The predicted molar refractivity (Wildman–Crippen MR) is 102 cm³/mol. The second-order valence-corrected chi connectivity index (χ2v) is 8.68. The summed E-state index contributed by atoms with van der Waals surface area (Å²) in [7, 11) is -1.81. The maximum Gasteiger partial charge on any atom is 0.218 e. The first kappa shape index (κ1) is 18.9. The van der Waals surface area contributed by atoms with Crippen molar-refractivity contribution in [2.24, 2.45) is 0 Å². The first-order valence-electron chi connectivity index (χ1n) is 8.69. The zero-order valence-electron chi connectivity index (χ0n) is 15.4. The fourth-order valence-electron chi connectivity index (χ4n) is 3.24. The zero-order valence-corrected chi connectivity index (χ0v) is 16.2. The van der Waals surface area contributed by atoms with Gasteiger partial charge in [-0.3, -0.25) is 0 Å². The first-order valence-corrected chi connectivity index (χ1v) is 10.3. The van der Waals surface area contributed by atoms with Crippen molar-refractivity contribution < 1.29 is 17.9 Å². The number of hydrogen-bond donors (Lipinski definition) is 0. The van der Waals surface area contributed by atoms with Crippen molar-refractivity contribution in [2.75, 3.05) is 20.3 Å². The Bertz CT molecular complexity index is 848. The van der Waals surface area contributed by atoms with Crippen molar-refractivity contribution in [3.63, 3.8) is 0 Å².